The molecule has 2 aromatic rings. The van der Waals surface area contributed by atoms with Gasteiger partial charge in [-0.15, -0.1) is 0 Å². The van der Waals surface area contributed by atoms with Crippen molar-refractivity contribution in [3.63, 3.8) is 0 Å². The predicted molar refractivity (Wildman–Crippen MR) is 72.1 cm³/mol. The number of hydrogen-bond acceptors (Lipinski definition) is 3. The predicted octanol–water partition coefficient (Wildman–Crippen LogP) is 3.61. The summed E-state index contributed by atoms with van der Waals surface area (Å²) in [7, 11) is 1.57. The van der Waals surface area contributed by atoms with Gasteiger partial charge in [0.25, 0.3) is 5.91 Å². The van der Waals surface area contributed by atoms with Gasteiger partial charge in [0, 0.05) is 16.1 Å². The number of carbonyl (C=O) groups excluding carboxylic acids is 1. The molecule has 0 radical (unpaired) electrons. The third-order valence-corrected chi connectivity index (χ3v) is 3.18. The second kappa shape index (κ2) is 5.27. The van der Waals surface area contributed by atoms with Crippen LogP contribution in [0.5, 0.6) is 5.75 Å². The first-order chi connectivity index (χ1) is 8.61. The molecule has 0 saturated carbocycles. The van der Waals surface area contributed by atoms with Crippen LogP contribution in [0.1, 0.15) is 16.1 Å². The maximum atomic E-state index is 12.0. The highest BCUT2D eigenvalue weighted by Gasteiger charge is 2.14. The van der Waals surface area contributed by atoms with Gasteiger partial charge in [0.15, 0.2) is 5.76 Å². The van der Waals surface area contributed by atoms with Crippen molar-refractivity contribution in [2.45, 2.75) is 6.92 Å². The van der Waals surface area contributed by atoms with Crippen LogP contribution < -0.4 is 10.1 Å². The van der Waals surface area contributed by atoms with Gasteiger partial charge in [0.2, 0.25) is 0 Å². The monoisotopic (exact) mass is 309 g/mol. The van der Waals surface area contributed by atoms with Gasteiger partial charge in [-0.3, -0.25) is 4.79 Å². The van der Waals surface area contributed by atoms with Crippen molar-refractivity contribution >= 4 is 27.5 Å². The Balaban J connectivity index is 2.24. The van der Waals surface area contributed by atoms with Gasteiger partial charge in [-0.2, -0.15) is 0 Å². The van der Waals surface area contributed by atoms with Crippen molar-refractivity contribution in [1.29, 1.82) is 0 Å². The summed E-state index contributed by atoms with van der Waals surface area (Å²) in [5.74, 6) is 0.695. The van der Waals surface area contributed by atoms with Gasteiger partial charge >= 0.3 is 0 Å². The first kappa shape index (κ1) is 12.7. The van der Waals surface area contributed by atoms with E-state index in [2.05, 4.69) is 21.2 Å². The third-order valence-electron chi connectivity index (χ3n) is 2.49. The van der Waals surface area contributed by atoms with Gasteiger partial charge < -0.3 is 14.5 Å². The first-order valence-corrected chi connectivity index (χ1v) is 6.10. The molecular formula is C13H12BrNO3. The first-order valence-electron chi connectivity index (χ1n) is 5.31. The maximum Gasteiger partial charge on any atom is 0.291 e. The Hall–Kier alpha value is -1.75. The molecule has 94 valence electrons. The number of anilines is 1. The minimum absolute atomic E-state index is 0.286. The largest absolute Gasteiger partial charge is 0.497 e. The summed E-state index contributed by atoms with van der Waals surface area (Å²) in [6, 6.07) is 7.09. The van der Waals surface area contributed by atoms with E-state index in [1.54, 1.807) is 25.3 Å². The number of rotatable bonds is 3. The fourth-order valence-electron chi connectivity index (χ4n) is 1.51. The molecule has 0 fully saturated rings. The average molecular weight is 310 g/mol. The van der Waals surface area contributed by atoms with Gasteiger partial charge in [-0.25, -0.2) is 0 Å². The summed E-state index contributed by atoms with van der Waals surface area (Å²) in [6.07, 6.45) is 1.49. The van der Waals surface area contributed by atoms with Crippen LogP contribution in [-0.2, 0) is 0 Å². The maximum absolute atomic E-state index is 12.0. The Bertz CT molecular complexity index is 577. The van der Waals surface area contributed by atoms with Crippen LogP contribution in [0.25, 0.3) is 0 Å². The Morgan fingerprint density at radius 3 is 2.78 bits per heavy atom. The molecule has 1 aromatic carbocycles. The smallest absolute Gasteiger partial charge is 0.291 e. The zero-order chi connectivity index (χ0) is 13.1. The van der Waals surface area contributed by atoms with Gasteiger partial charge in [-0.05, 0) is 41.1 Å². The SMILES string of the molecule is COc1ccc(Br)c(NC(=O)c2occc2C)c1. The Morgan fingerprint density at radius 1 is 1.39 bits per heavy atom. The van der Waals surface area contributed by atoms with E-state index in [1.165, 1.54) is 6.26 Å². The van der Waals surface area contributed by atoms with Crippen molar-refractivity contribution in [3.05, 3.63) is 46.3 Å². The number of ether oxygens (including phenoxy) is 1. The van der Waals surface area contributed by atoms with Crippen LogP contribution in [-0.4, -0.2) is 13.0 Å². The standard InChI is InChI=1S/C13H12BrNO3/c1-8-5-6-18-12(8)13(16)15-11-7-9(17-2)3-4-10(11)14/h3-7H,1-2H3,(H,15,16). The van der Waals surface area contributed by atoms with Gasteiger partial charge in [0.05, 0.1) is 19.1 Å². The summed E-state index contributed by atoms with van der Waals surface area (Å²) in [5.41, 5.74) is 1.43. The zero-order valence-electron chi connectivity index (χ0n) is 9.99. The van der Waals surface area contributed by atoms with E-state index >= 15 is 0 Å². The third kappa shape index (κ3) is 2.56. The summed E-state index contributed by atoms with van der Waals surface area (Å²) in [5, 5.41) is 2.77. The highest BCUT2D eigenvalue weighted by atomic mass is 79.9. The number of benzene rings is 1. The number of furan rings is 1. The molecule has 0 bridgehead atoms. The highest BCUT2D eigenvalue weighted by molar-refractivity contribution is 9.10. The second-order valence-corrected chi connectivity index (χ2v) is 4.59. The van der Waals surface area contributed by atoms with E-state index in [4.69, 9.17) is 9.15 Å². The number of nitrogens with one attached hydrogen (secondary N) is 1. The van der Waals surface area contributed by atoms with Crippen LogP contribution in [0, 0.1) is 6.92 Å². The summed E-state index contributed by atoms with van der Waals surface area (Å²) < 4.78 is 11.0. The van der Waals surface area contributed by atoms with Crippen LogP contribution in [0.3, 0.4) is 0 Å². The number of hydrogen-bond donors (Lipinski definition) is 1. The molecule has 0 unspecified atom stereocenters. The Morgan fingerprint density at radius 2 is 2.17 bits per heavy atom. The molecule has 0 aliphatic heterocycles. The van der Waals surface area contributed by atoms with Crippen LogP contribution in [0.2, 0.25) is 0 Å². The number of methoxy groups -OCH3 is 1. The molecule has 1 amide bonds. The summed E-state index contributed by atoms with van der Waals surface area (Å²) in [6.45, 7) is 1.82. The molecule has 18 heavy (non-hydrogen) atoms. The van der Waals surface area contributed by atoms with E-state index in [1.807, 2.05) is 13.0 Å². The average Bonchev–Trinajstić information content (AvgIpc) is 2.78. The molecule has 0 spiro atoms. The van der Waals surface area contributed by atoms with Crippen molar-refractivity contribution in [1.82, 2.24) is 0 Å². The Labute approximate surface area is 113 Å². The van der Waals surface area contributed by atoms with E-state index in [9.17, 15) is 4.79 Å². The number of amides is 1. The molecular weight excluding hydrogens is 298 g/mol. The van der Waals surface area contributed by atoms with E-state index < -0.39 is 0 Å². The van der Waals surface area contributed by atoms with Crippen LogP contribution in [0.4, 0.5) is 5.69 Å². The topological polar surface area (TPSA) is 51.5 Å². The van der Waals surface area contributed by atoms with E-state index in [0.717, 1.165) is 10.0 Å². The molecule has 4 nitrogen and oxygen atoms in total. The van der Waals surface area contributed by atoms with Crippen molar-refractivity contribution < 1.29 is 13.9 Å². The fourth-order valence-corrected chi connectivity index (χ4v) is 1.86. The van der Waals surface area contributed by atoms with Crippen molar-refractivity contribution in [2.75, 3.05) is 12.4 Å². The van der Waals surface area contributed by atoms with Crippen LogP contribution >= 0.6 is 15.9 Å². The molecule has 0 aliphatic rings. The number of halogens is 1. The highest BCUT2D eigenvalue weighted by Crippen LogP contribution is 2.27. The minimum Gasteiger partial charge on any atom is -0.497 e. The molecule has 0 aliphatic carbocycles. The molecule has 1 N–H and O–H groups in total. The minimum atomic E-state index is -0.286. The van der Waals surface area contributed by atoms with Crippen LogP contribution in [0.15, 0.2) is 39.4 Å². The molecule has 2 rings (SSSR count). The van der Waals surface area contributed by atoms with Gasteiger partial charge in [-0.1, -0.05) is 0 Å². The van der Waals surface area contributed by atoms with Crippen molar-refractivity contribution in [3.8, 4) is 5.75 Å². The van der Waals surface area contributed by atoms with E-state index in [-0.39, 0.29) is 5.91 Å². The lowest BCUT2D eigenvalue weighted by Crippen LogP contribution is -2.12. The second-order valence-electron chi connectivity index (χ2n) is 3.73. The molecule has 1 aromatic heterocycles. The Kier molecular flexibility index (Phi) is 3.72. The molecule has 5 heteroatoms. The normalized spacial score (nSPS) is 10.2. The quantitative estimate of drug-likeness (QED) is 0.942. The van der Waals surface area contributed by atoms with Gasteiger partial charge in [0.1, 0.15) is 5.75 Å². The summed E-state index contributed by atoms with van der Waals surface area (Å²) in [4.78, 5) is 12.0. The molecule has 1 heterocycles. The van der Waals surface area contributed by atoms with E-state index in [0.29, 0.717) is 17.2 Å². The lowest BCUT2D eigenvalue weighted by Gasteiger charge is -2.08. The summed E-state index contributed by atoms with van der Waals surface area (Å²) >= 11 is 3.37. The number of carbonyl (C=O) groups is 1. The number of aryl methyl sites for hydroxylation is 1. The molecule has 0 atom stereocenters. The fraction of sp³-hybridized carbons (Fsp3) is 0.154. The zero-order valence-corrected chi connectivity index (χ0v) is 11.6. The lowest BCUT2D eigenvalue weighted by atomic mass is 10.2. The molecule has 0 saturated heterocycles. The lowest BCUT2D eigenvalue weighted by molar-refractivity contribution is 0.0996. The van der Waals surface area contributed by atoms with Crippen molar-refractivity contribution in [2.24, 2.45) is 0 Å².